The van der Waals surface area contributed by atoms with Crippen molar-refractivity contribution in [3.8, 4) is 11.8 Å². The zero-order valence-electron chi connectivity index (χ0n) is 16.9. The maximum absolute atomic E-state index is 12.0. The number of nitrogens with zero attached hydrogens (tertiary/aromatic N) is 1. The van der Waals surface area contributed by atoms with E-state index in [0.717, 1.165) is 19.3 Å². The number of carbonyl (C=O) groups is 2. The lowest BCUT2D eigenvalue weighted by Gasteiger charge is -2.17. The van der Waals surface area contributed by atoms with Crippen LogP contribution in [0.15, 0.2) is 30.3 Å². The molecule has 0 bridgehead atoms. The predicted molar refractivity (Wildman–Crippen MR) is 107 cm³/mol. The minimum absolute atomic E-state index is 0.146. The third kappa shape index (κ3) is 8.71. The number of hydrogen-bond acceptors (Lipinski definition) is 3. The first-order valence-electron chi connectivity index (χ1n) is 9.55. The normalized spacial score (nSPS) is 13.1. The van der Waals surface area contributed by atoms with Crippen molar-refractivity contribution in [2.45, 2.75) is 60.3 Å². The highest BCUT2D eigenvalue weighted by atomic mass is 16.6. The van der Waals surface area contributed by atoms with Crippen molar-refractivity contribution in [2.24, 2.45) is 5.92 Å². The van der Waals surface area contributed by atoms with Gasteiger partial charge in [-0.3, -0.25) is 4.79 Å². The zero-order chi connectivity index (χ0) is 19.8. The number of hydrogen-bond donors (Lipinski definition) is 0. The molecule has 1 aliphatic rings. The number of imide groups is 1. The minimum Gasteiger partial charge on any atom is -0.447 e. The molecule has 0 radical (unpaired) electrons. The van der Waals surface area contributed by atoms with E-state index in [0.29, 0.717) is 19.6 Å². The van der Waals surface area contributed by atoms with Crippen LogP contribution < -0.4 is 0 Å². The molecule has 1 heterocycles. The summed E-state index contributed by atoms with van der Waals surface area (Å²) in [4.78, 5) is 24.4. The molecule has 1 aromatic rings. The van der Waals surface area contributed by atoms with Gasteiger partial charge in [-0.15, -0.1) is 11.8 Å². The van der Waals surface area contributed by atoms with Crippen LogP contribution in [0.2, 0.25) is 0 Å². The number of cyclic esters (lactones) is 1. The molecule has 0 spiro atoms. The molecular formula is C22H33NO3. The molecule has 144 valence electrons. The van der Waals surface area contributed by atoms with Crippen LogP contribution >= 0.6 is 0 Å². The molecule has 1 aliphatic heterocycles. The van der Waals surface area contributed by atoms with Gasteiger partial charge < -0.3 is 4.74 Å². The standard InChI is InChI=1S/C12H17NO3.C8H10.C2H6/c1-3-5-7-10(6-4-2)11(14)13-8-9-16-12(13)15;1-2-8-6-4-3-5-7-8;1-2/h10H,4,6-9H2,1-2H3;3-7H,2H2,1H3;1-2H3/t10-;;/m0../s1. The third-order valence-corrected chi connectivity index (χ3v) is 3.79. The third-order valence-electron chi connectivity index (χ3n) is 3.79. The molecule has 0 aliphatic carbocycles. The van der Waals surface area contributed by atoms with Gasteiger partial charge >= 0.3 is 6.09 Å². The molecule has 4 heteroatoms. The first kappa shape index (κ1) is 23.7. The number of benzene rings is 1. The van der Waals surface area contributed by atoms with Crippen LogP contribution in [0.25, 0.3) is 0 Å². The summed E-state index contributed by atoms with van der Waals surface area (Å²) in [6.45, 7) is 10.6. The van der Waals surface area contributed by atoms with Gasteiger partial charge in [-0.25, -0.2) is 9.69 Å². The van der Waals surface area contributed by atoms with E-state index >= 15 is 0 Å². The van der Waals surface area contributed by atoms with Gasteiger partial charge in [0.2, 0.25) is 5.91 Å². The summed E-state index contributed by atoms with van der Waals surface area (Å²) in [5.41, 5.74) is 1.41. The molecule has 0 N–H and O–H groups in total. The van der Waals surface area contributed by atoms with Gasteiger partial charge in [0.25, 0.3) is 0 Å². The van der Waals surface area contributed by atoms with Crippen LogP contribution in [0.5, 0.6) is 0 Å². The lowest BCUT2D eigenvalue weighted by atomic mass is 9.98. The number of amides is 2. The van der Waals surface area contributed by atoms with Crippen LogP contribution in [0.3, 0.4) is 0 Å². The van der Waals surface area contributed by atoms with Crippen molar-refractivity contribution in [2.75, 3.05) is 13.2 Å². The first-order valence-corrected chi connectivity index (χ1v) is 9.55. The Balaban J connectivity index is 0.000000522. The zero-order valence-corrected chi connectivity index (χ0v) is 16.9. The molecule has 0 saturated carbocycles. The molecule has 1 saturated heterocycles. The van der Waals surface area contributed by atoms with Crippen molar-refractivity contribution in [1.82, 2.24) is 4.90 Å². The molecule has 2 rings (SSSR count). The van der Waals surface area contributed by atoms with Crippen LogP contribution in [0.1, 0.15) is 59.4 Å². The van der Waals surface area contributed by atoms with Crippen molar-refractivity contribution >= 4 is 12.0 Å². The van der Waals surface area contributed by atoms with E-state index in [1.807, 2.05) is 26.8 Å². The molecular weight excluding hydrogens is 326 g/mol. The average molecular weight is 360 g/mol. The smallest absolute Gasteiger partial charge is 0.416 e. The maximum atomic E-state index is 12.0. The second-order valence-corrected chi connectivity index (χ2v) is 5.56. The van der Waals surface area contributed by atoms with Crippen molar-refractivity contribution < 1.29 is 14.3 Å². The summed E-state index contributed by atoms with van der Waals surface area (Å²) in [6.07, 6.45) is 2.81. The summed E-state index contributed by atoms with van der Waals surface area (Å²) in [6, 6.07) is 10.5. The highest BCUT2D eigenvalue weighted by molar-refractivity contribution is 5.94. The first-order chi connectivity index (χ1) is 12.6. The van der Waals surface area contributed by atoms with E-state index in [1.165, 1.54) is 10.5 Å². The maximum Gasteiger partial charge on any atom is 0.416 e. The van der Waals surface area contributed by atoms with E-state index in [4.69, 9.17) is 4.74 Å². The molecule has 1 fully saturated rings. The fourth-order valence-corrected chi connectivity index (χ4v) is 2.41. The van der Waals surface area contributed by atoms with Gasteiger partial charge in [0.05, 0.1) is 6.54 Å². The Labute approximate surface area is 158 Å². The molecule has 4 nitrogen and oxygen atoms in total. The molecule has 26 heavy (non-hydrogen) atoms. The van der Waals surface area contributed by atoms with Gasteiger partial charge in [-0.2, -0.15) is 0 Å². The fourth-order valence-electron chi connectivity index (χ4n) is 2.41. The van der Waals surface area contributed by atoms with Crippen molar-refractivity contribution in [3.05, 3.63) is 35.9 Å². The summed E-state index contributed by atoms with van der Waals surface area (Å²) in [5, 5.41) is 0. The lowest BCUT2D eigenvalue weighted by molar-refractivity contribution is -0.132. The van der Waals surface area contributed by atoms with Crippen LogP contribution in [0.4, 0.5) is 4.79 Å². The van der Waals surface area contributed by atoms with E-state index < -0.39 is 6.09 Å². The Bertz CT molecular complexity index is 572. The Hall–Kier alpha value is -2.28. The van der Waals surface area contributed by atoms with E-state index in [9.17, 15) is 9.59 Å². The summed E-state index contributed by atoms with van der Waals surface area (Å²) >= 11 is 0. The van der Waals surface area contributed by atoms with Crippen LogP contribution in [-0.2, 0) is 16.0 Å². The highest BCUT2D eigenvalue weighted by Gasteiger charge is 2.32. The minimum atomic E-state index is -0.518. The number of rotatable bonds is 5. The van der Waals surface area contributed by atoms with E-state index in [2.05, 4.69) is 43.0 Å². The largest absolute Gasteiger partial charge is 0.447 e. The van der Waals surface area contributed by atoms with Crippen LogP contribution in [-0.4, -0.2) is 30.1 Å². The summed E-state index contributed by atoms with van der Waals surface area (Å²) < 4.78 is 4.75. The Kier molecular flexibility index (Phi) is 13.7. The monoisotopic (exact) mass is 359 g/mol. The van der Waals surface area contributed by atoms with Gasteiger partial charge in [0, 0.05) is 12.3 Å². The SMILES string of the molecule is CC.CC#CC[C@H](CCC)C(=O)N1CCOC1=O.CCc1ccccc1. The number of ether oxygens (including phenoxy) is 1. The second kappa shape index (κ2) is 15.0. The topological polar surface area (TPSA) is 46.6 Å². The summed E-state index contributed by atoms with van der Waals surface area (Å²) in [5.74, 6) is 5.36. The Morgan fingerprint density at radius 2 is 1.88 bits per heavy atom. The van der Waals surface area contributed by atoms with Gasteiger partial charge in [-0.1, -0.05) is 64.4 Å². The van der Waals surface area contributed by atoms with E-state index in [1.54, 1.807) is 6.92 Å². The average Bonchev–Trinajstić information content (AvgIpc) is 3.13. The fraction of sp³-hybridized carbons (Fsp3) is 0.545. The highest BCUT2D eigenvalue weighted by Crippen LogP contribution is 2.17. The van der Waals surface area contributed by atoms with E-state index in [-0.39, 0.29) is 11.8 Å². The van der Waals surface area contributed by atoms with Gasteiger partial charge in [0.1, 0.15) is 6.61 Å². The predicted octanol–water partition coefficient (Wildman–Crippen LogP) is 5.07. The number of carbonyl (C=O) groups excluding carboxylic acids is 2. The van der Waals surface area contributed by atoms with Gasteiger partial charge in [0.15, 0.2) is 0 Å². The van der Waals surface area contributed by atoms with Crippen LogP contribution in [0, 0.1) is 17.8 Å². The molecule has 0 aromatic heterocycles. The lowest BCUT2D eigenvalue weighted by Crippen LogP contribution is -2.36. The molecule has 1 atom stereocenters. The molecule has 0 unspecified atom stereocenters. The second-order valence-electron chi connectivity index (χ2n) is 5.56. The quantitative estimate of drug-likeness (QED) is 0.690. The molecule has 1 aromatic carbocycles. The Morgan fingerprint density at radius 3 is 2.31 bits per heavy atom. The van der Waals surface area contributed by atoms with Crippen molar-refractivity contribution in [1.29, 1.82) is 0 Å². The number of aryl methyl sites for hydroxylation is 1. The summed E-state index contributed by atoms with van der Waals surface area (Å²) in [7, 11) is 0. The molecule has 2 amide bonds. The van der Waals surface area contributed by atoms with Crippen molar-refractivity contribution in [3.63, 3.8) is 0 Å². The Morgan fingerprint density at radius 1 is 1.23 bits per heavy atom. The van der Waals surface area contributed by atoms with Gasteiger partial charge in [-0.05, 0) is 25.3 Å².